The Labute approximate surface area is 169 Å². The summed E-state index contributed by atoms with van der Waals surface area (Å²) >= 11 is 9.01. The second-order valence-electron chi connectivity index (χ2n) is 6.06. The Morgan fingerprint density at radius 3 is 2.96 bits per heavy atom. The number of carbonyl (C=O) groups is 1. The van der Waals surface area contributed by atoms with Crippen molar-refractivity contribution in [3.63, 3.8) is 0 Å². The monoisotopic (exact) mass is 417 g/mol. The van der Waals surface area contributed by atoms with E-state index < -0.39 is 0 Å². The van der Waals surface area contributed by atoms with Crippen LogP contribution >= 0.6 is 34.9 Å². The summed E-state index contributed by atoms with van der Waals surface area (Å²) in [6.07, 6.45) is 9.21. The molecule has 1 saturated carbocycles. The van der Waals surface area contributed by atoms with Crippen molar-refractivity contribution in [1.82, 2.24) is 20.3 Å². The van der Waals surface area contributed by atoms with Gasteiger partial charge in [-0.25, -0.2) is 4.98 Å². The zero-order chi connectivity index (χ0) is 18.6. The number of anilines is 1. The van der Waals surface area contributed by atoms with E-state index in [1.165, 1.54) is 24.2 Å². The molecule has 9 heteroatoms. The highest BCUT2D eigenvalue weighted by molar-refractivity contribution is 8.01. The molecule has 1 aliphatic carbocycles. The van der Waals surface area contributed by atoms with Gasteiger partial charge >= 0.3 is 0 Å². The van der Waals surface area contributed by atoms with Crippen LogP contribution in [0.5, 0.6) is 0 Å². The van der Waals surface area contributed by atoms with Crippen LogP contribution in [0.25, 0.3) is 10.4 Å². The molecule has 0 aliphatic heterocycles. The summed E-state index contributed by atoms with van der Waals surface area (Å²) in [5, 5.41) is 4.52. The number of nitrogens with zero attached hydrogens (tertiary/aromatic N) is 3. The Balaban J connectivity index is 1.36. The lowest BCUT2D eigenvalue weighted by molar-refractivity contribution is 0.0950. The van der Waals surface area contributed by atoms with Crippen LogP contribution in [-0.2, 0) is 6.54 Å². The first kappa shape index (κ1) is 18.2. The number of pyridine rings is 2. The molecule has 3 heterocycles. The third kappa shape index (κ3) is 4.97. The smallest absolute Gasteiger partial charge is 0.280 e. The van der Waals surface area contributed by atoms with Gasteiger partial charge in [-0.2, -0.15) is 0 Å². The van der Waals surface area contributed by atoms with Gasteiger partial charge in [0.25, 0.3) is 5.91 Å². The SMILES string of the molecule is O=C(NCc1cc(NSC2CC2)ccn1)c1ncc(-c2cncc(Cl)c2)s1. The topological polar surface area (TPSA) is 79.8 Å². The van der Waals surface area contributed by atoms with Crippen LogP contribution in [-0.4, -0.2) is 26.1 Å². The van der Waals surface area contributed by atoms with Gasteiger partial charge in [0.05, 0.1) is 22.1 Å². The van der Waals surface area contributed by atoms with Crippen LogP contribution in [0.1, 0.15) is 28.3 Å². The van der Waals surface area contributed by atoms with Crippen molar-refractivity contribution in [2.75, 3.05) is 4.72 Å². The van der Waals surface area contributed by atoms with Crippen LogP contribution in [0.15, 0.2) is 43.0 Å². The normalized spacial score (nSPS) is 13.4. The minimum atomic E-state index is -0.228. The van der Waals surface area contributed by atoms with E-state index in [9.17, 15) is 4.79 Å². The predicted molar refractivity (Wildman–Crippen MR) is 110 cm³/mol. The number of nitrogens with one attached hydrogen (secondary N) is 2. The predicted octanol–water partition coefficient (Wildman–Crippen LogP) is 4.41. The molecule has 0 saturated heterocycles. The van der Waals surface area contributed by atoms with E-state index in [0.717, 1.165) is 27.1 Å². The number of thiazole rings is 1. The quantitative estimate of drug-likeness (QED) is 0.554. The van der Waals surface area contributed by atoms with Gasteiger partial charge < -0.3 is 10.0 Å². The maximum atomic E-state index is 12.4. The number of amides is 1. The first-order valence-corrected chi connectivity index (χ1v) is 10.5. The first-order chi connectivity index (χ1) is 13.2. The summed E-state index contributed by atoms with van der Waals surface area (Å²) in [6.45, 7) is 0.343. The van der Waals surface area contributed by atoms with Crippen LogP contribution in [0, 0.1) is 0 Å². The Morgan fingerprint density at radius 1 is 1.26 bits per heavy atom. The molecule has 3 aromatic heterocycles. The van der Waals surface area contributed by atoms with Crippen LogP contribution in [0.3, 0.4) is 0 Å². The summed E-state index contributed by atoms with van der Waals surface area (Å²) in [5.74, 6) is -0.228. The highest BCUT2D eigenvalue weighted by atomic mass is 35.5. The van der Waals surface area contributed by atoms with Crippen molar-refractivity contribution in [2.24, 2.45) is 0 Å². The Hall–Kier alpha value is -2.16. The largest absolute Gasteiger partial charge is 0.344 e. The van der Waals surface area contributed by atoms with Gasteiger partial charge in [0, 0.05) is 41.3 Å². The minimum absolute atomic E-state index is 0.228. The number of rotatable bonds is 7. The molecular weight excluding hydrogens is 402 g/mol. The van der Waals surface area contributed by atoms with Crippen molar-refractivity contribution in [3.8, 4) is 10.4 Å². The molecule has 0 radical (unpaired) electrons. The molecule has 1 amide bonds. The van der Waals surface area contributed by atoms with E-state index in [1.807, 2.05) is 12.1 Å². The number of carbonyl (C=O) groups excluding carboxylic acids is 1. The second kappa shape index (κ2) is 8.24. The Kier molecular flexibility index (Phi) is 5.56. The Morgan fingerprint density at radius 2 is 2.15 bits per heavy atom. The van der Waals surface area contributed by atoms with E-state index in [4.69, 9.17) is 11.6 Å². The number of halogens is 1. The zero-order valence-corrected chi connectivity index (χ0v) is 16.6. The summed E-state index contributed by atoms with van der Waals surface area (Å²) in [4.78, 5) is 25.8. The lowest BCUT2D eigenvalue weighted by atomic mass is 10.2. The summed E-state index contributed by atoms with van der Waals surface area (Å²) in [5.41, 5.74) is 2.63. The molecule has 4 rings (SSSR count). The molecule has 3 aromatic rings. The second-order valence-corrected chi connectivity index (χ2v) is 8.63. The van der Waals surface area contributed by atoms with Gasteiger partial charge in [-0.1, -0.05) is 11.6 Å². The van der Waals surface area contributed by atoms with Crippen molar-refractivity contribution in [3.05, 3.63) is 58.7 Å². The molecule has 0 unspecified atom stereocenters. The average Bonchev–Trinajstić information content (AvgIpc) is 3.38. The molecule has 1 fully saturated rings. The molecule has 6 nitrogen and oxygen atoms in total. The number of hydrogen-bond acceptors (Lipinski definition) is 7. The van der Waals surface area contributed by atoms with Crippen LogP contribution < -0.4 is 10.0 Å². The summed E-state index contributed by atoms with van der Waals surface area (Å²) in [6, 6.07) is 5.67. The lowest BCUT2D eigenvalue weighted by Crippen LogP contribution is -2.23. The molecule has 27 heavy (non-hydrogen) atoms. The lowest BCUT2D eigenvalue weighted by Gasteiger charge is -2.07. The fraction of sp³-hybridized carbons (Fsp3) is 0.222. The van der Waals surface area contributed by atoms with E-state index in [-0.39, 0.29) is 5.91 Å². The molecule has 1 aliphatic rings. The third-order valence-corrected chi connectivity index (χ3v) is 6.21. The van der Waals surface area contributed by atoms with Gasteiger partial charge in [0.15, 0.2) is 5.01 Å². The molecule has 138 valence electrons. The third-order valence-electron chi connectivity index (χ3n) is 3.80. The van der Waals surface area contributed by atoms with Crippen LogP contribution in [0.4, 0.5) is 5.69 Å². The molecule has 0 atom stereocenters. The van der Waals surface area contributed by atoms with E-state index in [0.29, 0.717) is 16.6 Å². The summed E-state index contributed by atoms with van der Waals surface area (Å²) < 4.78 is 3.33. The maximum absolute atomic E-state index is 12.4. The number of hydrogen-bond donors (Lipinski definition) is 2. The fourth-order valence-electron chi connectivity index (χ4n) is 2.28. The fourth-order valence-corrected chi connectivity index (χ4v) is 4.07. The van der Waals surface area contributed by atoms with Gasteiger partial charge in [-0.3, -0.25) is 14.8 Å². The molecule has 0 spiro atoms. The van der Waals surface area contributed by atoms with Crippen LogP contribution in [0.2, 0.25) is 5.02 Å². The van der Waals surface area contributed by atoms with Gasteiger partial charge in [0.2, 0.25) is 0 Å². The molecular formula is C18H16ClN5OS2. The Bertz CT molecular complexity index is 960. The standard InChI is InChI=1S/C18H16ClN5OS2/c19-12-5-11(7-20-8-12)16-10-23-18(26-16)17(25)22-9-14-6-13(3-4-21-14)24-27-15-1-2-15/h3-8,10,15H,1-2,9H2,(H,21,24)(H,22,25). The van der Waals surface area contributed by atoms with Crippen molar-refractivity contribution >= 4 is 46.5 Å². The van der Waals surface area contributed by atoms with Gasteiger partial charge in [-0.15, -0.1) is 11.3 Å². The average molecular weight is 418 g/mol. The van der Waals surface area contributed by atoms with Gasteiger partial charge in [0.1, 0.15) is 0 Å². The van der Waals surface area contributed by atoms with Gasteiger partial charge in [-0.05, 0) is 43.0 Å². The molecule has 0 aromatic carbocycles. The van der Waals surface area contributed by atoms with E-state index in [2.05, 4.69) is 25.0 Å². The van der Waals surface area contributed by atoms with E-state index >= 15 is 0 Å². The molecule has 0 bridgehead atoms. The highest BCUT2D eigenvalue weighted by Gasteiger charge is 2.22. The van der Waals surface area contributed by atoms with E-state index in [1.54, 1.807) is 42.8 Å². The highest BCUT2D eigenvalue weighted by Crippen LogP contribution is 2.34. The zero-order valence-electron chi connectivity index (χ0n) is 14.2. The first-order valence-electron chi connectivity index (χ1n) is 8.39. The molecule has 2 N–H and O–H groups in total. The number of aromatic nitrogens is 3. The van der Waals surface area contributed by atoms with Crippen molar-refractivity contribution in [2.45, 2.75) is 24.6 Å². The summed E-state index contributed by atoms with van der Waals surface area (Å²) in [7, 11) is 0. The van der Waals surface area contributed by atoms with Crippen molar-refractivity contribution < 1.29 is 4.79 Å². The van der Waals surface area contributed by atoms with Crippen molar-refractivity contribution in [1.29, 1.82) is 0 Å². The maximum Gasteiger partial charge on any atom is 0.280 e. The minimum Gasteiger partial charge on any atom is -0.344 e.